The molecule has 2 aromatic heterocycles. The lowest BCUT2D eigenvalue weighted by molar-refractivity contribution is -0.179. The van der Waals surface area contributed by atoms with Gasteiger partial charge in [-0.3, -0.25) is 0 Å². The van der Waals surface area contributed by atoms with Crippen molar-refractivity contribution in [3.05, 3.63) is 72.1 Å². The zero-order valence-corrected chi connectivity index (χ0v) is 15.4. The summed E-state index contributed by atoms with van der Waals surface area (Å²) in [4.78, 5) is 34.4. The first kappa shape index (κ1) is 20.9. The molecule has 2 heterocycles. The highest BCUT2D eigenvalue weighted by Gasteiger charge is 2.48. The van der Waals surface area contributed by atoms with E-state index in [1.54, 1.807) is 0 Å². The molecule has 0 fully saturated rings. The first-order chi connectivity index (χ1) is 14.2. The number of aromatic nitrogens is 5. The topological polar surface area (TPSA) is 120 Å². The van der Waals surface area contributed by atoms with E-state index in [-0.39, 0.29) is 5.69 Å². The maximum absolute atomic E-state index is 14.9. The number of aliphatic carboxylic acids is 1. The molecule has 12 heteroatoms. The maximum atomic E-state index is 14.9. The Labute approximate surface area is 167 Å². The third kappa shape index (κ3) is 3.97. The van der Waals surface area contributed by atoms with Crippen LogP contribution >= 0.6 is 0 Å². The molecule has 1 N–H and O–H groups in total. The maximum Gasteiger partial charge on any atom is 0.418 e. The summed E-state index contributed by atoms with van der Waals surface area (Å²) < 4.78 is 49.2. The van der Waals surface area contributed by atoms with Crippen LogP contribution in [-0.2, 0) is 26.5 Å². The molecule has 0 aliphatic rings. The third-order valence-corrected chi connectivity index (χ3v) is 4.51. The summed E-state index contributed by atoms with van der Waals surface area (Å²) in [5.74, 6) is -7.92. The molecule has 0 radical (unpaired) electrons. The van der Waals surface area contributed by atoms with Gasteiger partial charge in [-0.15, -0.1) is 0 Å². The minimum absolute atomic E-state index is 0.285. The van der Waals surface area contributed by atoms with E-state index in [0.29, 0.717) is 6.07 Å². The molecule has 0 saturated heterocycles. The second kappa shape index (κ2) is 8.27. The molecule has 0 aliphatic carbocycles. The standard InChI is InChI=1S/C18H14F3N5O4/c1-10(15-14(21)5-22-7-24-15)18(30-17(29)16(27)28,6-26-9-23-8-25-26)12-3-2-11(19)4-13(12)20/h2-5,7-10H,6H2,1H3,(H,27,28)/t10-,18+/m0/s1. The fourth-order valence-electron chi connectivity index (χ4n) is 3.09. The van der Waals surface area contributed by atoms with Gasteiger partial charge >= 0.3 is 11.9 Å². The minimum Gasteiger partial charge on any atom is -0.473 e. The van der Waals surface area contributed by atoms with Crippen LogP contribution in [0.15, 0.2) is 43.4 Å². The van der Waals surface area contributed by atoms with Crippen LogP contribution in [0.25, 0.3) is 0 Å². The highest BCUT2D eigenvalue weighted by Crippen LogP contribution is 2.43. The van der Waals surface area contributed by atoms with E-state index < -0.39 is 53.0 Å². The Kier molecular flexibility index (Phi) is 5.76. The van der Waals surface area contributed by atoms with Crippen molar-refractivity contribution in [3.8, 4) is 0 Å². The van der Waals surface area contributed by atoms with Crippen LogP contribution in [0.4, 0.5) is 13.2 Å². The lowest BCUT2D eigenvalue weighted by atomic mass is 9.79. The Morgan fingerprint density at radius 3 is 2.57 bits per heavy atom. The molecule has 3 rings (SSSR count). The molecular formula is C18H14F3N5O4. The Bertz CT molecular complexity index is 1080. The highest BCUT2D eigenvalue weighted by molar-refractivity contribution is 6.28. The van der Waals surface area contributed by atoms with E-state index in [4.69, 9.17) is 9.84 Å². The summed E-state index contributed by atoms with van der Waals surface area (Å²) >= 11 is 0. The Morgan fingerprint density at radius 2 is 1.97 bits per heavy atom. The van der Waals surface area contributed by atoms with Crippen molar-refractivity contribution in [1.29, 1.82) is 0 Å². The lowest BCUT2D eigenvalue weighted by Gasteiger charge is -2.38. The first-order valence-corrected chi connectivity index (χ1v) is 8.44. The van der Waals surface area contributed by atoms with Gasteiger partial charge in [0.1, 0.15) is 30.6 Å². The quantitative estimate of drug-likeness (QED) is 0.473. The summed E-state index contributed by atoms with van der Waals surface area (Å²) in [5, 5.41) is 12.9. The van der Waals surface area contributed by atoms with Crippen LogP contribution in [-0.4, -0.2) is 41.8 Å². The van der Waals surface area contributed by atoms with Gasteiger partial charge in [-0.2, -0.15) is 5.10 Å². The predicted molar refractivity (Wildman–Crippen MR) is 92.2 cm³/mol. The van der Waals surface area contributed by atoms with Gasteiger partial charge in [0.25, 0.3) is 0 Å². The average Bonchev–Trinajstić information content (AvgIpc) is 3.20. The van der Waals surface area contributed by atoms with Gasteiger partial charge in [-0.05, 0) is 12.1 Å². The molecule has 0 aliphatic heterocycles. The van der Waals surface area contributed by atoms with Crippen molar-refractivity contribution >= 4 is 11.9 Å². The minimum atomic E-state index is -2.18. The van der Waals surface area contributed by atoms with Gasteiger partial charge in [0.05, 0.1) is 18.4 Å². The van der Waals surface area contributed by atoms with Crippen LogP contribution < -0.4 is 0 Å². The number of carboxylic acids is 1. The molecule has 0 saturated carbocycles. The Hall–Kier alpha value is -3.83. The second-order valence-corrected chi connectivity index (χ2v) is 6.28. The van der Waals surface area contributed by atoms with Crippen molar-refractivity contribution in [2.24, 2.45) is 0 Å². The van der Waals surface area contributed by atoms with Gasteiger partial charge in [0, 0.05) is 17.5 Å². The van der Waals surface area contributed by atoms with Crippen molar-refractivity contribution < 1.29 is 32.6 Å². The monoisotopic (exact) mass is 421 g/mol. The van der Waals surface area contributed by atoms with Gasteiger partial charge in [-0.25, -0.2) is 42.4 Å². The van der Waals surface area contributed by atoms with E-state index in [1.807, 2.05) is 0 Å². The van der Waals surface area contributed by atoms with Crippen molar-refractivity contribution in [2.45, 2.75) is 25.0 Å². The number of carbonyl (C=O) groups is 2. The summed E-state index contributed by atoms with van der Waals surface area (Å²) in [7, 11) is 0. The van der Waals surface area contributed by atoms with Crippen LogP contribution in [0.5, 0.6) is 0 Å². The number of hydrogen-bond donors (Lipinski definition) is 1. The van der Waals surface area contributed by atoms with E-state index >= 15 is 0 Å². The molecule has 0 spiro atoms. The van der Waals surface area contributed by atoms with Gasteiger partial charge in [-0.1, -0.05) is 6.92 Å². The summed E-state index contributed by atoms with van der Waals surface area (Å²) in [6, 6.07) is 2.40. The van der Waals surface area contributed by atoms with Crippen LogP contribution in [0.3, 0.4) is 0 Å². The molecule has 0 unspecified atom stereocenters. The van der Waals surface area contributed by atoms with Gasteiger partial charge in [0.15, 0.2) is 11.4 Å². The predicted octanol–water partition coefficient (Wildman–Crippen LogP) is 1.81. The zero-order chi connectivity index (χ0) is 21.9. The summed E-state index contributed by atoms with van der Waals surface area (Å²) in [6.07, 6.45) is 4.21. The number of ether oxygens (including phenoxy) is 1. The Balaban J connectivity index is 2.28. The zero-order valence-electron chi connectivity index (χ0n) is 15.4. The lowest BCUT2D eigenvalue weighted by Crippen LogP contribution is -2.44. The average molecular weight is 421 g/mol. The van der Waals surface area contributed by atoms with Crippen molar-refractivity contribution in [1.82, 2.24) is 24.7 Å². The van der Waals surface area contributed by atoms with Crippen LogP contribution in [0.2, 0.25) is 0 Å². The van der Waals surface area contributed by atoms with E-state index in [9.17, 15) is 22.8 Å². The number of nitrogens with zero attached hydrogens (tertiary/aromatic N) is 5. The highest BCUT2D eigenvalue weighted by atomic mass is 19.1. The van der Waals surface area contributed by atoms with E-state index in [2.05, 4.69) is 20.1 Å². The van der Waals surface area contributed by atoms with Crippen molar-refractivity contribution in [3.63, 3.8) is 0 Å². The van der Waals surface area contributed by atoms with E-state index in [0.717, 1.165) is 35.7 Å². The smallest absolute Gasteiger partial charge is 0.418 e. The van der Waals surface area contributed by atoms with Crippen LogP contribution in [0, 0.1) is 17.5 Å². The molecule has 156 valence electrons. The largest absolute Gasteiger partial charge is 0.473 e. The Morgan fingerprint density at radius 1 is 1.20 bits per heavy atom. The molecule has 1 aromatic carbocycles. The first-order valence-electron chi connectivity index (χ1n) is 8.44. The molecule has 2 atom stereocenters. The molecule has 0 amide bonds. The number of rotatable bonds is 6. The summed E-state index contributed by atoms with van der Waals surface area (Å²) in [5.41, 5.74) is -2.87. The summed E-state index contributed by atoms with van der Waals surface area (Å²) in [6.45, 7) is 0.874. The molecular weight excluding hydrogens is 407 g/mol. The molecule has 30 heavy (non-hydrogen) atoms. The number of carbonyl (C=O) groups excluding carboxylic acids is 1. The second-order valence-electron chi connectivity index (χ2n) is 6.28. The van der Waals surface area contributed by atoms with Crippen LogP contribution in [0.1, 0.15) is 24.1 Å². The fraction of sp³-hybridized carbons (Fsp3) is 0.222. The fourth-order valence-corrected chi connectivity index (χ4v) is 3.09. The van der Waals surface area contributed by atoms with Gasteiger partial charge < -0.3 is 9.84 Å². The van der Waals surface area contributed by atoms with E-state index in [1.165, 1.54) is 13.3 Å². The van der Waals surface area contributed by atoms with Gasteiger partial charge in [0.2, 0.25) is 0 Å². The normalized spacial score (nSPS) is 14.0. The number of hydrogen-bond acceptors (Lipinski definition) is 7. The van der Waals surface area contributed by atoms with Crippen molar-refractivity contribution in [2.75, 3.05) is 0 Å². The third-order valence-electron chi connectivity index (χ3n) is 4.51. The molecule has 9 nitrogen and oxygen atoms in total. The molecule has 0 bridgehead atoms. The number of esters is 1. The SMILES string of the molecule is C[C@@H](c1ncncc1F)[C@@](Cn1cncn1)(OC(=O)C(=O)O)c1ccc(F)cc1F. The molecule has 3 aromatic rings. The number of halogens is 3. The number of benzene rings is 1. The number of carboxylic acid groups (broad SMARTS) is 1.